The molecule has 1 heterocycles. The van der Waals surface area contributed by atoms with Crippen molar-refractivity contribution in [1.82, 2.24) is 0 Å². The first-order valence-electron chi connectivity index (χ1n) is 16.1. The molecule has 1 aliphatic heterocycles. The van der Waals surface area contributed by atoms with Crippen LogP contribution in [0.5, 0.6) is 0 Å². The summed E-state index contributed by atoms with van der Waals surface area (Å²) in [6, 6.07) is 0. The van der Waals surface area contributed by atoms with Gasteiger partial charge in [-0.1, -0.05) is 65.5 Å². The van der Waals surface area contributed by atoms with Crippen molar-refractivity contribution in [2.24, 2.45) is 46.3 Å². The maximum absolute atomic E-state index is 11.8. The van der Waals surface area contributed by atoms with Gasteiger partial charge in [-0.2, -0.15) is 0 Å². The molecule has 39 heavy (non-hydrogen) atoms. The van der Waals surface area contributed by atoms with Gasteiger partial charge in [0.15, 0.2) is 0 Å². The maximum atomic E-state index is 11.8. The number of allylic oxidation sites excluding steroid dienone is 1. The fourth-order valence-electron chi connectivity index (χ4n) is 10.5. The Morgan fingerprint density at radius 3 is 2.36 bits per heavy atom. The molecule has 0 aromatic heterocycles. The van der Waals surface area contributed by atoms with Gasteiger partial charge in [-0.25, -0.2) is 0 Å². The van der Waals surface area contributed by atoms with E-state index in [9.17, 15) is 25.5 Å². The highest BCUT2D eigenvalue weighted by Gasteiger charge is 2.62. The second-order valence-electron chi connectivity index (χ2n) is 15.3. The third-order valence-corrected chi connectivity index (χ3v) is 12.8. The van der Waals surface area contributed by atoms with Crippen LogP contribution in [0.15, 0.2) is 11.6 Å². The molecule has 224 valence electrons. The van der Waals surface area contributed by atoms with E-state index >= 15 is 0 Å². The van der Waals surface area contributed by atoms with Crippen molar-refractivity contribution in [2.45, 2.75) is 141 Å². The molecule has 5 rings (SSSR count). The Balaban J connectivity index is 1.32. The summed E-state index contributed by atoms with van der Waals surface area (Å²) in [6.07, 6.45) is 8.20. The Morgan fingerprint density at radius 1 is 0.923 bits per heavy atom. The summed E-state index contributed by atoms with van der Waals surface area (Å²) in [5, 5.41) is 52.9. The predicted molar refractivity (Wildman–Crippen MR) is 152 cm³/mol. The smallest absolute Gasteiger partial charge is 0.116 e. The van der Waals surface area contributed by atoms with Gasteiger partial charge in [-0.15, -0.1) is 0 Å². The Labute approximate surface area is 236 Å². The Morgan fingerprint density at radius 2 is 1.67 bits per heavy atom. The van der Waals surface area contributed by atoms with Crippen molar-refractivity contribution < 1.29 is 30.3 Å². The van der Waals surface area contributed by atoms with Crippen molar-refractivity contribution in [2.75, 3.05) is 6.61 Å². The van der Waals surface area contributed by atoms with Crippen LogP contribution < -0.4 is 0 Å². The van der Waals surface area contributed by atoms with Crippen molar-refractivity contribution in [3.05, 3.63) is 11.6 Å². The zero-order valence-corrected chi connectivity index (χ0v) is 25.1. The molecule has 1 unspecified atom stereocenters. The molecule has 0 aromatic carbocycles. The van der Waals surface area contributed by atoms with Crippen LogP contribution in [0.1, 0.15) is 105 Å². The van der Waals surface area contributed by atoms with E-state index in [0.717, 1.165) is 36.5 Å². The van der Waals surface area contributed by atoms with Crippen LogP contribution >= 0.6 is 0 Å². The number of ether oxygens (including phenoxy) is 1. The highest BCUT2D eigenvalue weighted by Crippen LogP contribution is 2.68. The second kappa shape index (κ2) is 11.0. The van der Waals surface area contributed by atoms with Crippen LogP contribution in [0, 0.1) is 46.3 Å². The van der Waals surface area contributed by atoms with Crippen LogP contribution in [0.2, 0.25) is 0 Å². The van der Waals surface area contributed by atoms with Gasteiger partial charge in [0.1, 0.15) is 30.5 Å². The third kappa shape index (κ3) is 4.97. The molecule has 5 N–H and O–H groups in total. The molecule has 13 atom stereocenters. The fraction of sp³-hybridized carbons (Fsp3) is 0.939. The summed E-state index contributed by atoms with van der Waals surface area (Å²) < 4.78 is 5.85. The minimum absolute atomic E-state index is 0.0333. The number of rotatable bonds is 7. The van der Waals surface area contributed by atoms with E-state index in [-0.39, 0.29) is 5.41 Å². The average Bonchev–Trinajstić information content (AvgIpc) is 3.25. The van der Waals surface area contributed by atoms with Crippen molar-refractivity contribution in [3.8, 4) is 0 Å². The Kier molecular flexibility index (Phi) is 8.43. The van der Waals surface area contributed by atoms with Gasteiger partial charge in [0, 0.05) is 6.42 Å². The van der Waals surface area contributed by atoms with E-state index in [2.05, 4.69) is 40.7 Å². The quantitative estimate of drug-likeness (QED) is 0.298. The van der Waals surface area contributed by atoms with Crippen molar-refractivity contribution >= 4 is 0 Å². The first kappa shape index (κ1) is 30.0. The van der Waals surface area contributed by atoms with Crippen LogP contribution in [0.4, 0.5) is 0 Å². The molecule has 1 saturated heterocycles. The average molecular weight is 549 g/mol. The predicted octanol–water partition coefficient (Wildman–Crippen LogP) is 4.60. The van der Waals surface area contributed by atoms with Gasteiger partial charge >= 0.3 is 0 Å². The molecule has 0 radical (unpaired) electrons. The lowest BCUT2D eigenvalue weighted by Crippen LogP contribution is -2.66. The zero-order chi connectivity index (χ0) is 28.3. The number of aliphatic hydroxyl groups excluding tert-OH is 4. The number of aliphatic hydroxyl groups is 5. The summed E-state index contributed by atoms with van der Waals surface area (Å²) in [5.74, 6) is 4.50. The lowest BCUT2D eigenvalue weighted by molar-refractivity contribution is -0.275. The Bertz CT molecular complexity index is 903. The molecule has 4 fully saturated rings. The van der Waals surface area contributed by atoms with Gasteiger partial charge in [0.25, 0.3) is 0 Å². The van der Waals surface area contributed by atoms with Crippen molar-refractivity contribution in [1.29, 1.82) is 0 Å². The van der Waals surface area contributed by atoms with Gasteiger partial charge in [0.05, 0.1) is 12.2 Å². The van der Waals surface area contributed by atoms with Crippen LogP contribution in [0.3, 0.4) is 0 Å². The van der Waals surface area contributed by atoms with Crippen LogP contribution in [-0.4, -0.2) is 68.3 Å². The van der Waals surface area contributed by atoms with Gasteiger partial charge in [-0.05, 0) is 91.3 Å². The molecular weight excluding hydrogens is 492 g/mol. The minimum Gasteiger partial charge on any atom is -0.394 e. The van der Waals surface area contributed by atoms with E-state index in [1.54, 1.807) is 0 Å². The van der Waals surface area contributed by atoms with Gasteiger partial charge in [0.2, 0.25) is 0 Å². The largest absolute Gasteiger partial charge is 0.394 e. The minimum atomic E-state index is -1.46. The summed E-state index contributed by atoms with van der Waals surface area (Å²) in [5.41, 5.74) is 0.408. The summed E-state index contributed by atoms with van der Waals surface area (Å²) >= 11 is 0. The lowest BCUT2D eigenvalue weighted by Gasteiger charge is -2.60. The van der Waals surface area contributed by atoms with E-state index in [0.29, 0.717) is 30.1 Å². The monoisotopic (exact) mass is 548 g/mol. The molecule has 4 aliphatic carbocycles. The first-order chi connectivity index (χ1) is 18.4. The molecule has 0 amide bonds. The standard InChI is InChI=1S/C33H56O6/c1-19(2)7-6-8-20(3)23-11-12-24-22-10-9-21-17-33(38,30-29(37)28(36)27(35)26(18-34)39-30)16-15-31(21,4)25(22)13-14-32(23,24)5/h9,19-20,22-30,34-38H,6-8,10-18H2,1-5H3/t20-,22+,23-,24+,25+,26-,27-,28+,29-,30+,31+,32-,33?/m1/s1. The fourth-order valence-corrected chi connectivity index (χ4v) is 10.5. The zero-order valence-electron chi connectivity index (χ0n) is 25.1. The van der Waals surface area contributed by atoms with E-state index in [4.69, 9.17) is 4.74 Å². The molecule has 5 aliphatic rings. The highest BCUT2D eigenvalue weighted by molar-refractivity contribution is 5.28. The van der Waals surface area contributed by atoms with E-state index in [1.165, 1.54) is 50.5 Å². The number of hydrogen-bond acceptors (Lipinski definition) is 6. The SMILES string of the molecule is CC(C)CCC[C@@H](C)[C@H]1CC[C@H]2[C@@H]3CC=C4CC(O)([C@H]5O[C@H](CO)[C@@H](O)[C@H](O)[C@H]5O)CC[C@]4(C)[C@H]3CC[C@]12C. The maximum Gasteiger partial charge on any atom is 0.116 e. The molecule has 0 bridgehead atoms. The molecule has 0 spiro atoms. The van der Waals surface area contributed by atoms with E-state index < -0.39 is 42.7 Å². The normalized spacial score (nSPS) is 50.6. The molecule has 3 saturated carbocycles. The second-order valence-corrected chi connectivity index (χ2v) is 15.3. The van der Waals surface area contributed by atoms with Crippen LogP contribution in [0.25, 0.3) is 0 Å². The number of fused-ring (bicyclic) bond motifs is 5. The molecule has 0 aromatic rings. The molecule has 6 nitrogen and oxygen atoms in total. The van der Waals surface area contributed by atoms with Gasteiger partial charge in [-0.3, -0.25) is 0 Å². The van der Waals surface area contributed by atoms with Gasteiger partial charge < -0.3 is 30.3 Å². The summed E-state index contributed by atoms with van der Waals surface area (Å²) in [6.45, 7) is 11.7. The lowest BCUT2D eigenvalue weighted by atomic mass is 9.46. The first-order valence-corrected chi connectivity index (χ1v) is 16.1. The third-order valence-electron chi connectivity index (χ3n) is 12.8. The van der Waals surface area contributed by atoms with Crippen molar-refractivity contribution in [3.63, 3.8) is 0 Å². The summed E-state index contributed by atoms with van der Waals surface area (Å²) in [7, 11) is 0. The van der Waals surface area contributed by atoms with Crippen LogP contribution in [-0.2, 0) is 4.74 Å². The highest BCUT2D eigenvalue weighted by atomic mass is 16.6. The molecule has 6 heteroatoms. The number of hydrogen-bond donors (Lipinski definition) is 5. The topological polar surface area (TPSA) is 110 Å². The Hall–Kier alpha value is -0.500. The molecular formula is C33H56O6. The summed E-state index contributed by atoms with van der Waals surface area (Å²) in [4.78, 5) is 0. The van der Waals surface area contributed by atoms with E-state index in [1.807, 2.05) is 0 Å².